The predicted octanol–water partition coefficient (Wildman–Crippen LogP) is 2.79. The molecule has 0 saturated carbocycles. The second-order valence-electron chi connectivity index (χ2n) is 6.40. The van der Waals surface area contributed by atoms with Crippen molar-refractivity contribution in [2.75, 3.05) is 0 Å². The van der Waals surface area contributed by atoms with E-state index in [0.29, 0.717) is 29.1 Å². The van der Waals surface area contributed by atoms with Crippen LogP contribution in [0.3, 0.4) is 0 Å². The van der Waals surface area contributed by atoms with Crippen molar-refractivity contribution in [2.45, 2.75) is 57.8 Å². The number of ether oxygens (including phenoxy) is 1. The maximum absolute atomic E-state index is 10.7. The summed E-state index contributed by atoms with van der Waals surface area (Å²) >= 11 is 0. The lowest BCUT2D eigenvalue weighted by Gasteiger charge is -2.42. The largest absolute Gasteiger partial charge is 0.485 e. The van der Waals surface area contributed by atoms with Crippen molar-refractivity contribution in [1.29, 1.82) is 10.5 Å². The van der Waals surface area contributed by atoms with Crippen molar-refractivity contribution >= 4 is 5.84 Å². The normalized spacial score (nSPS) is 21.8. The van der Waals surface area contributed by atoms with Crippen molar-refractivity contribution in [3.05, 3.63) is 29.3 Å². The van der Waals surface area contributed by atoms with Gasteiger partial charge < -0.3 is 15.2 Å². The lowest BCUT2D eigenvalue weighted by atomic mass is 9.85. The van der Waals surface area contributed by atoms with Crippen LogP contribution in [0.5, 0.6) is 5.75 Å². The van der Waals surface area contributed by atoms with Crippen LogP contribution < -0.4 is 10.1 Å². The number of hydrogen-bond donors (Lipinski definition) is 2. The van der Waals surface area contributed by atoms with Crippen LogP contribution in [0.15, 0.2) is 23.2 Å². The van der Waals surface area contributed by atoms with Gasteiger partial charge in [-0.15, -0.1) is 0 Å². The van der Waals surface area contributed by atoms with E-state index in [1.54, 1.807) is 32.0 Å². The highest BCUT2D eigenvalue weighted by molar-refractivity contribution is 5.83. The van der Waals surface area contributed by atoms with Crippen LogP contribution in [0.1, 0.15) is 57.2 Å². The molecule has 1 heterocycles. The number of nitrogens with one attached hydrogen (secondary N) is 1. The summed E-state index contributed by atoms with van der Waals surface area (Å²) in [6.07, 6.45) is 3.44. The topological polar surface area (TPSA) is 101 Å². The van der Waals surface area contributed by atoms with Crippen molar-refractivity contribution in [2.24, 2.45) is 4.99 Å². The van der Waals surface area contributed by atoms with Crippen molar-refractivity contribution < 1.29 is 9.84 Å². The van der Waals surface area contributed by atoms with E-state index in [1.165, 1.54) is 0 Å². The van der Waals surface area contributed by atoms with E-state index >= 15 is 0 Å². The Morgan fingerprint density at radius 2 is 2.17 bits per heavy atom. The first-order valence-electron chi connectivity index (χ1n) is 8.06. The van der Waals surface area contributed by atoms with Crippen LogP contribution in [0, 0.1) is 22.8 Å². The summed E-state index contributed by atoms with van der Waals surface area (Å²) in [4.78, 5) is 3.85. The third-order valence-corrected chi connectivity index (χ3v) is 4.15. The summed E-state index contributed by atoms with van der Waals surface area (Å²) in [5.41, 5.74) is 0.382. The molecule has 1 aliphatic heterocycles. The Bertz CT molecular complexity index is 713. The number of nitriles is 2. The molecule has 0 aliphatic carbocycles. The number of nitrogens with zero attached hydrogens (tertiary/aromatic N) is 3. The van der Waals surface area contributed by atoms with E-state index in [-0.39, 0.29) is 0 Å². The summed E-state index contributed by atoms with van der Waals surface area (Å²) in [6, 6.07) is 6.73. The molecule has 1 aliphatic rings. The highest BCUT2D eigenvalue weighted by Crippen LogP contribution is 2.40. The number of amidine groups is 1. The number of rotatable bonds is 4. The van der Waals surface area contributed by atoms with Gasteiger partial charge in [-0.2, -0.15) is 15.5 Å². The van der Waals surface area contributed by atoms with Crippen molar-refractivity contribution in [3.8, 4) is 18.0 Å². The zero-order chi connectivity index (χ0) is 17.7. The summed E-state index contributed by atoms with van der Waals surface area (Å²) in [5, 5.41) is 32.0. The van der Waals surface area contributed by atoms with E-state index in [4.69, 9.17) is 15.3 Å². The quantitative estimate of drug-likeness (QED) is 0.503. The molecule has 2 N–H and O–H groups in total. The maximum Gasteiger partial charge on any atom is 0.207 e. The monoisotopic (exact) mass is 326 g/mol. The van der Waals surface area contributed by atoms with Gasteiger partial charge in [0.2, 0.25) is 6.19 Å². The number of aliphatic imine (C=N–C) groups is 1. The van der Waals surface area contributed by atoms with Gasteiger partial charge in [0.1, 0.15) is 23.3 Å². The van der Waals surface area contributed by atoms with E-state index in [0.717, 1.165) is 12.8 Å². The number of benzene rings is 1. The van der Waals surface area contributed by atoms with Crippen LogP contribution in [0.2, 0.25) is 0 Å². The average molecular weight is 326 g/mol. The lowest BCUT2D eigenvalue weighted by Crippen LogP contribution is -2.53. The molecule has 0 bridgehead atoms. The minimum atomic E-state index is -0.857. The van der Waals surface area contributed by atoms with Gasteiger partial charge in [-0.3, -0.25) is 0 Å². The van der Waals surface area contributed by atoms with E-state index in [1.807, 2.05) is 6.19 Å². The van der Waals surface area contributed by atoms with Gasteiger partial charge in [0.05, 0.1) is 17.7 Å². The first kappa shape index (κ1) is 17.8. The first-order chi connectivity index (χ1) is 11.4. The molecule has 6 nitrogen and oxygen atoms in total. The highest BCUT2D eigenvalue weighted by Gasteiger charge is 2.43. The maximum atomic E-state index is 10.7. The molecule has 2 rings (SSSR count). The Kier molecular flexibility index (Phi) is 5.43. The number of aliphatic hydroxyl groups is 1. The van der Waals surface area contributed by atoms with Crippen LogP contribution in [-0.4, -0.2) is 22.6 Å². The summed E-state index contributed by atoms with van der Waals surface area (Å²) in [6.45, 7) is 5.67. The molecule has 24 heavy (non-hydrogen) atoms. The standard InChI is InChI=1S/C18H22N4O2/c1-4-5-6-15(21-11-20)22-16-13-9-12(10-19)7-8-14(13)24-18(2,3)17(16)23/h7-9,16-17,23H,4-6H2,1-3H3,(H,21,22)/t16-,17+/m0/s1. The Morgan fingerprint density at radius 3 is 2.79 bits per heavy atom. The summed E-state index contributed by atoms with van der Waals surface area (Å²) in [7, 11) is 0. The van der Waals surface area contributed by atoms with Gasteiger partial charge in [0, 0.05) is 12.0 Å². The molecule has 0 aromatic heterocycles. The molecule has 0 saturated heterocycles. The van der Waals surface area contributed by atoms with Gasteiger partial charge in [0.15, 0.2) is 0 Å². The average Bonchev–Trinajstić information content (AvgIpc) is 2.56. The van der Waals surface area contributed by atoms with Crippen LogP contribution >= 0.6 is 0 Å². The number of aliphatic hydroxyl groups excluding tert-OH is 1. The Labute approximate surface area is 142 Å². The van der Waals surface area contributed by atoms with Crippen LogP contribution in [0.25, 0.3) is 0 Å². The number of unbranched alkanes of at least 4 members (excludes halogenated alkanes) is 1. The molecule has 2 atom stereocenters. The predicted molar refractivity (Wildman–Crippen MR) is 90.3 cm³/mol. The van der Waals surface area contributed by atoms with Gasteiger partial charge in [-0.1, -0.05) is 13.3 Å². The minimum absolute atomic E-state index is 0.489. The lowest BCUT2D eigenvalue weighted by molar-refractivity contribution is -0.0611. The molecule has 0 amide bonds. The smallest absolute Gasteiger partial charge is 0.207 e. The molecule has 126 valence electrons. The second kappa shape index (κ2) is 7.33. The number of fused-ring (bicyclic) bond motifs is 1. The first-order valence-corrected chi connectivity index (χ1v) is 8.06. The third-order valence-electron chi connectivity index (χ3n) is 4.15. The Balaban J connectivity index is 2.41. The molecule has 0 unspecified atom stereocenters. The Hall–Kier alpha value is -2.57. The molecule has 0 fully saturated rings. The molecule has 1 aromatic rings. The van der Waals surface area contributed by atoms with Gasteiger partial charge >= 0.3 is 0 Å². The molecule has 0 radical (unpaired) electrons. The summed E-state index contributed by atoms with van der Waals surface area (Å²) < 4.78 is 5.88. The fourth-order valence-corrected chi connectivity index (χ4v) is 2.77. The fourth-order valence-electron chi connectivity index (χ4n) is 2.77. The Morgan fingerprint density at radius 1 is 1.42 bits per heavy atom. The third kappa shape index (κ3) is 3.67. The zero-order valence-corrected chi connectivity index (χ0v) is 14.2. The molecule has 0 spiro atoms. The SMILES string of the molecule is CCCCC(=NC#N)N[C@H]1c2cc(C#N)ccc2OC(C)(C)[C@@H]1O. The second-order valence-corrected chi connectivity index (χ2v) is 6.40. The van der Waals surface area contributed by atoms with Gasteiger partial charge in [-0.25, -0.2) is 0 Å². The molecular formula is C18H22N4O2. The fraction of sp³-hybridized carbons (Fsp3) is 0.500. The zero-order valence-electron chi connectivity index (χ0n) is 14.2. The van der Waals surface area contributed by atoms with E-state index in [2.05, 4.69) is 23.3 Å². The molecule has 1 aromatic carbocycles. The van der Waals surface area contributed by atoms with E-state index in [9.17, 15) is 5.11 Å². The minimum Gasteiger partial charge on any atom is -0.485 e. The summed E-state index contributed by atoms with van der Waals surface area (Å²) in [5.74, 6) is 1.16. The van der Waals surface area contributed by atoms with Crippen LogP contribution in [0.4, 0.5) is 0 Å². The van der Waals surface area contributed by atoms with Crippen molar-refractivity contribution in [1.82, 2.24) is 5.32 Å². The molecular weight excluding hydrogens is 304 g/mol. The van der Waals surface area contributed by atoms with Crippen molar-refractivity contribution in [3.63, 3.8) is 0 Å². The van der Waals surface area contributed by atoms with Gasteiger partial charge in [-0.05, 0) is 38.5 Å². The number of hydrogen-bond acceptors (Lipinski definition) is 5. The van der Waals surface area contributed by atoms with E-state index < -0.39 is 17.7 Å². The van der Waals surface area contributed by atoms with Gasteiger partial charge in [0.25, 0.3) is 0 Å². The van der Waals surface area contributed by atoms with Crippen LogP contribution in [-0.2, 0) is 0 Å². The molecule has 6 heteroatoms. The highest BCUT2D eigenvalue weighted by atomic mass is 16.5.